The lowest BCUT2D eigenvalue weighted by Gasteiger charge is -2.13. The molecule has 3 aromatic rings. The van der Waals surface area contributed by atoms with Crippen LogP contribution in [0.5, 0.6) is 0 Å². The predicted molar refractivity (Wildman–Crippen MR) is 99.6 cm³/mol. The van der Waals surface area contributed by atoms with Gasteiger partial charge in [0, 0.05) is 11.5 Å². The van der Waals surface area contributed by atoms with Gasteiger partial charge >= 0.3 is 0 Å². The summed E-state index contributed by atoms with van der Waals surface area (Å²) in [5, 5.41) is 6.87. The fourth-order valence-electron chi connectivity index (χ4n) is 2.93. The molecule has 1 aliphatic carbocycles. The van der Waals surface area contributed by atoms with Crippen LogP contribution in [0, 0.1) is 6.92 Å². The molecule has 0 radical (unpaired) electrons. The number of hydrogen-bond donors (Lipinski definition) is 2. The number of nitrogens with one attached hydrogen (secondary N) is 2. The van der Waals surface area contributed by atoms with Gasteiger partial charge in [-0.15, -0.1) is 0 Å². The van der Waals surface area contributed by atoms with Crippen molar-refractivity contribution in [2.75, 3.05) is 5.32 Å². The maximum absolute atomic E-state index is 12.9. The van der Waals surface area contributed by atoms with Gasteiger partial charge in [-0.1, -0.05) is 13.8 Å². The van der Waals surface area contributed by atoms with Crippen molar-refractivity contribution in [2.45, 2.75) is 58.5 Å². The summed E-state index contributed by atoms with van der Waals surface area (Å²) in [6, 6.07) is 0. The quantitative estimate of drug-likeness (QED) is 0.684. The number of amides is 1. The van der Waals surface area contributed by atoms with Crippen LogP contribution < -0.4 is 10.6 Å². The molecular weight excluding hydrogens is 346 g/mol. The second kappa shape index (κ2) is 6.37. The van der Waals surface area contributed by atoms with E-state index in [0.29, 0.717) is 34.1 Å². The summed E-state index contributed by atoms with van der Waals surface area (Å²) >= 11 is 0. The second-order valence-electron chi connectivity index (χ2n) is 7.62. The number of oxazole rings is 1. The van der Waals surface area contributed by atoms with Gasteiger partial charge in [0.1, 0.15) is 23.7 Å². The van der Waals surface area contributed by atoms with Crippen LogP contribution in [0.2, 0.25) is 0 Å². The minimum atomic E-state index is -0.269. The summed E-state index contributed by atoms with van der Waals surface area (Å²) in [5.41, 5.74) is 0.858. The van der Waals surface area contributed by atoms with Crippen LogP contribution in [0.3, 0.4) is 0 Å². The van der Waals surface area contributed by atoms with Crippen molar-refractivity contribution >= 4 is 22.8 Å². The number of fused-ring (bicyclic) bond motifs is 1. The van der Waals surface area contributed by atoms with Gasteiger partial charge < -0.3 is 19.5 Å². The Bertz CT molecular complexity index is 1000. The number of rotatable bonds is 6. The highest BCUT2D eigenvalue weighted by atomic mass is 16.4. The van der Waals surface area contributed by atoms with E-state index in [1.165, 1.54) is 6.33 Å². The maximum Gasteiger partial charge on any atom is 0.256 e. The lowest BCUT2D eigenvalue weighted by atomic mass is 10.1. The summed E-state index contributed by atoms with van der Waals surface area (Å²) < 4.78 is 11.3. The summed E-state index contributed by atoms with van der Waals surface area (Å²) in [5.74, 6) is 2.37. The van der Waals surface area contributed by atoms with Crippen LogP contribution in [-0.4, -0.2) is 26.4 Å². The maximum atomic E-state index is 12.9. The Balaban J connectivity index is 1.59. The third-order valence-corrected chi connectivity index (χ3v) is 4.85. The number of aryl methyl sites for hydroxylation is 1. The molecule has 3 heterocycles. The zero-order valence-electron chi connectivity index (χ0n) is 15.9. The molecule has 0 bridgehead atoms. The van der Waals surface area contributed by atoms with E-state index in [1.807, 2.05) is 13.8 Å². The number of nitrogens with zero attached hydrogens (tertiary/aromatic N) is 3. The highest BCUT2D eigenvalue weighted by Crippen LogP contribution is 2.40. The van der Waals surface area contributed by atoms with Crippen LogP contribution in [0.1, 0.15) is 67.3 Å². The Labute approximate surface area is 156 Å². The molecule has 8 nitrogen and oxygen atoms in total. The number of aromatic nitrogens is 3. The van der Waals surface area contributed by atoms with Gasteiger partial charge in [-0.05, 0) is 26.7 Å². The van der Waals surface area contributed by atoms with Crippen LogP contribution in [0.25, 0.3) is 11.1 Å². The highest BCUT2D eigenvalue weighted by molar-refractivity contribution is 6.10. The fourth-order valence-corrected chi connectivity index (χ4v) is 2.93. The summed E-state index contributed by atoms with van der Waals surface area (Å²) in [6.45, 7) is 8.13. The van der Waals surface area contributed by atoms with Crippen molar-refractivity contribution < 1.29 is 13.6 Å². The molecule has 0 atom stereocenters. The number of carbonyl (C=O) groups is 1. The molecule has 4 rings (SSSR count). The lowest BCUT2D eigenvalue weighted by molar-refractivity contribution is 0.0947. The third kappa shape index (κ3) is 3.39. The minimum absolute atomic E-state index is 0.0194. The van der Waals surface area contributed by atoms with Gasteiger partial charge in [0.25, 0.3) is 5.91 Å². The Hall–Kier alpha value is -2.90. The van der Waals surface area contributed by atoms with Crippen molar-refractivity contribution in [1.29, 1.82) is 0 Å². The summed E-state index contributed by atoms with van der Waals surface area (Å²) in [4.78, 5) is 25.6. The average molecular weight is 369 g/mol. The molecule has 8 heteroatoms. The Kier molecular flexibility index (Phi) is 4.13. The molecule has 1 amide bonds. The van der Waals surface area contributed by atoms with Crippen LogP contribution in [0.15, 0.2) is 21.4 Å². The summed E-state index contributed by atoms with van der Waals surface area (Å²) in [7, 11) is 0. The van der Waals surface area contributed by atoms with Crippen molar-refractivity contribution in [3.05, 3.63) is 35.5 Å². The van der Waals surface area contributed by atoms with E-state index >= 15 is 0 Å². The minimum Gasteiger partial charge on any atom is -0.444 e. The molecule has 2 N–H and O–H groups in total. The molecule has 3 aromatic heterocycles. The van der Waals surface area contributed by atoms with E-state index in [9.17, 15) is 4.79 Å². The van der Waals surface area contributed by atoms with Crippen LogP contribution >= 0.6 is 0 Å². The van der Waals surface area contributed by atoms with Crippen LogP contribution in [-0.2, 0) is 6.54 Å². The van der Waals surface area contributed by atoms with Crippen molar-refractivity contribution in [3.8, 4) is 0 Å². The van der Waals surface area contributed by atoms with Gasteiger partial charge in [-0.25, -0.2) is 15.0 Å². The topological polar surface area (TPSA) is 106 Å². The smallest absolute Gasteiger partial charge is 0.256 e. The second-order valence-corrected chi connectivity index (χ2v) is 7.62. The first kappa shape index (κ1) is 17.5. The number of hydrogen-bond acceptors (Lipinski definition) is 7. The zero-order chi connectivity index (χ0) is 19.2. The molecule has 0 aliphatic heterocycles. The number of carbonyl (C=O) groups excluding carboxylic acids is 1. The predicted octanol–water partition coefficient (Wildman–Crippen LogP) is 3.54. The SMILES string of the molecule is Cc1oc2ncnc(NC3(C)CC3)c2c1C(=O)NCc1ncc(C(C)C)o1. The lowest BCUT2D eigenvalue weighted by Crippen LogP contribution is -2.24. The van der Waals surface area contributed by atoms with Crippen molar-refractivity contribution in [3.63, 3.8) is 0 Å². The molecule has 1 fully saturated rings. The normalized spacial score (nSPS) is 15.3. The average Bonchev–Trinajstić information content (AvgIpc) is 3.05. The largest absolute Gasteiger partial charge is 0.444 e. The van der Waals surface area contributed by atoms with Gasteiger partial charge in [-0.2, -0.15) is 0 Å². The first-order valence-electron chi connectivity index (χ1n) is 9.11. The van der Waals surface area contributed by atoms with E-state index in [0.717, 1.165) is 18.6 Å². The van der Waals surface area contributed by atoms with Crippen LogP contribution in [0.4, 0.5) is 5.82 Å². The van der Waals surface area contributed by atoms with Gasteiger partial charge in [0.2, 0.25) is 11.6 Å². The van der Waals surface area contributed by atoms with E-state index in [-0.39, 0.29) is 23.9 Å². The fraction of sp³-hybridized carbons (Fsp3) is 0.474. The molecule has 0 unspecified atom stereocenters. The van der Waals surface area contributed by atoms with E-state index < -0.39 is 0 Å². The van der Waals surface area contributed by atoms with E-state index in [4.69, 9.17) is 8.83 Å². The third-order valence-electron chi connectivity index (χ3n) is 4.85. The van der Waals surface area contributed by atoms with Gasteiger partial charge in [-0.3, -0.25) is 4.79 Å². The molecule has 1 aliphatic rings. The highest BCUT2D eigenvalue weighted by Gasteiger charge is 2.38. The molecule has 0 saturated heterocycles. The zero-order valence-corrected chi connectivity index (χ0v) is 15.9. The molecule has 27 heavy (non-hydrogen) atoms. The van der Waals surface area contributed by atoms with Crippen molar-refractivity contribution in [2.24, 2.45) is 0 Å². The van der Waals surface area contributed by atoms with Gasteiger partial charge in [0.15, 0.2) is 0 Å². The summed E-state index contributed by atoms with van der Waals surface area (Å²) in [6.07, 6.45) is 5.27. The Morgan fingerprint density at radius 2 is 2.04 bits per heavy atom. The Morgan fingerprint density at radius 3 is 2.70 bits per heavy atom. The van der Waals surface area contributed by atoms with Gasteiger partial charge in [0.05, 0.1) is 23.7 Å². The first-order chi connectivity index (χ1) is 12.9. The van der Waals surface area contributed by atoms with E-state index in [1.54, 1.807) is 13.1 Å². The molecular formula is C19H23N5O3. The molecule has 1 saturated carbocycles. The number of furan rings is 1. The molecule has 0 aromatic carbocycles. The number of anilines is 1. The first-order valence-corrected chi connectivity index (χ1v) is 9.11. The van der Waals surface area contributed by atoms with Crippen molar-refractivity contribution in [1.82, 2.24) is 20.3 Å². The molecule has 0 spiro atoms. The van der Waals surface area contributed by atoms with E-state index in [2.05, 4.69) is 32.5 Å². The Morgan fingerprint density at radius 1 is 1.26 bits per heavy atom. The monoisotopic (exact) mass is 369 g/mol. The standard InChI is InChI=1S/C19H23N5O3/c1-10(2)12-7-20-13(27-12)8-21-17(25)14-11(3)26-18-15(14)16(22-9-23-18)24-19(4)5-6-19/h7,9-10H,5-6,8H2,1-4H3,(H,21,25)(H,22,23,24). The molecule has 142 valence electrons.